The molecule has 3 nitrogen and oxygen atoms in total. The number of rotatable bonds is 5. The highest BCUT2D eigenvalue weighted by Crippen LogP contribution is 2.32. The minimum absolute atomic E-state index is 0.0315. The summed E-state index contributed by atoms with van der Waals surface area (Å²) < 4.78 is 11.4. The van der Waals surface area contributed by atoms with Crippen molar-refractivity contribution in [3.63, 3.8) is 0 Å². The average Bonchev–Trinajstić information content (AvgIpc) is 2.50. The van der Waals surface area contributed by atoms with Gasteiger partial charge in [-0.25, -0.2) is 0 Å². The van der Waals surface area contributed by atoms with Crippen molar-refractivity contribution in [2.75, 3.05) is 7.11 Å². The summed E-state index contributed by atoms with van der Waals surface area (Å²) >= 11 is 0. The van der Waals surface area contributed by atoms with E-state index in [1.54, 1.807) is 7.11 Å². The summed E-state index contributed by atoms with van der Waals surface area (Å²) in [5, 5.41) is 0. The molecule has 1 fully saturated rings. The van der Waals surface area contributed by atoms with Crippen LogP contribution in [0.5, 0.6) is 5.75 Å². The van der Waals surface area contributed by atoms with Crippen LogP contribution < -0.4 is 10.5 Å². The maximum absolute atomic E-state index is 6.34. The van der Waals surface area contributed by atoms with E-state index in [0.717, 1.165) is 36.0 Å². The van der Waals surface area contributed by atoms with Crippen LogP contribution >= 0.6 is 0 Å². The molecule has 118 valence electrons. The third-order valence-electron chi connectivity index (χ3n) is 4.96. The molecule has 0 heterocycles. The molecule has 1 aliphatic carbocycles. The van der Waals surface area contributed by atoms with Crippen LogP contribution in [0.4, 0.5) is 0 Å². The number of hydrogen-bond donors (Lipinski definition) is 1. The van der Waals surface area contributed by atoms with Gasteiger partial charge in [0.2, 0.25) is 0 Å². The summed E-state index contributed by atoms with van der Waals surface area (Å²) in [6.45, 7) is 6.75. The molecule has 2 rings (SSSR count). The molecule has 5 atom stereocenters. The smallest absolute Gasteiger partial charge is 0.118 e. The lowest BCUT2D eigenvalue weighted by atomic mass is 9.80. The normalized spacial score (nSPS) is 28.9. The number of nitrogens with two attached hydrogens (primary N) is 1. The van der Waals surface area contributed by atoms with Gasteiger partial charge in [-0.3, -0.25) is 0 Å². The summed E-state index contributed by atoms with van der Waals surface area (Å²) in [6, 6.07) is 7.85. The zero-order chi connectivity index (χ0) is 15.4. The molecule has 0 amide bonds. The molecule has 2 N–H and O–H groups in total. The molecule has 0 aliphatic heterocycles. The van der Waals surface area contributed by atoms with E-state index in [4.69, 9.17) is 15.2 Å². The van der Waals surface area contributed by atoms with E-state index in [1.165, 1.54) is 6.42 Å². The van der Waals surface area contributed by atoms with Crippen molar-refractivity contribution >= 4 is 0 Å². The summed E-state index contributed by atoms with van der Waals surface area (Å²) in [6.07, 6.45) is 3.96. The Bertz CT molecular complexity index is 431. The van der Waals surface area contributed by atoms with E-state index < -0.39 is 0 Å². The van der Waals surface area contributed by atoms with Gasteiger partial charge in [0.1, 0.15) is 5.75 Å². The van der Waals surface area contributed by atoms with Crippen LogP contribution in [0.1, 0.15) is 51.6 Å². The lowest BCUT2D eigenvalue weighted by molar-refractivity contribution is -0.0493. The molecule has 21 heavy (non-hydrogen) atoms. The van der Waals surface area contributed by atoms with Gasteiger partial charge in [-0.2, -0.15) is 0 Å². The van der Waals surface area contributed by atoms with Crippen molar-refractivity contribution in [2.24, 2.45) is 17.6 Å². The largest absolute Gasteiger partial charge is 0.497 e. The van der Waals surface area contributed by atoms with Crippen LogP contribution in [0.25, 0.3) is 0 Å². The van der Waals surface area contributed by atoms with E-state index in [0.29, 0.717) is 6.10 Å². The molecule has 1 saturated carbocycles. The fourth-order valence-electron chi connectivity index (χ4n) is 3.11. The van der Waals surface area contributed by atoms with Crippen LogP contribution in [0.3, 0.4) is 0 Å². The van der Waals surface area contributed by atoms with E-state index in [1.807, 2.05) is 24.3 Å². The third kappa shape index (κ3) is 4.21. The Morgan fingerprint density at radius 3 is 2.33 bits per heavy atom. The van der Waals surface area contributed by atoms with Crippen LogP contribution in [0.15, 0.2) is 24.3 Å². The van der Waals surface area contributed by atoms with E-state index in [9.17, 15) is 0 Å². The highest BCUT2D eigenvalue weighted by Gasteiger charge is 2.27. The molecule has 3 heteroatoms. The van der Waals surface area contributed by atoms with Crippen LogP contribution in [0.2, 0.25) is 0 Å². The van der Waals surface area contributed by atoms with Gasteiger partial charge in [-0.1, -0.05) is 26.0 Å². The Balaban J connectivity index is 1.91. The first-order valence-corrected chi connectivity index (χ1v) is 8.06. The Labute approximate surface area is 128 Å². The molecular weight excluding hydrogens is 262 g/mol. The number of benzene rings is 1. The zero-order valence-corrected chi connectivity index (χ0v) is 13.7. The maximum atomic E-state index is 6.34. The van der Waals surface area contributed by atoms with Gasteiger partial charge in [0, 0.05) is 0 Å². The van der Waals surface area contributed by atoms with Gasteiger partial charge < -0.3 is 15.2 Å². The monoisotopic (exact) mass is 291 g/mol. The molecule has 0 saturated heterocycles. The third-order valence-corrected chi connectivity index (χ3v) is 4.96. The van der Waals surface area contributed by atoms with Crippen molar-refractivity contribution in [1.82, 2.24) is 0 Å². The van der Waals surface area contributed by atoms with Gasteiger partial charge >= 0.3 is 0 Å². The molecular formula is C18H29NO2. The summed E-state index contributed by atoms with van der Waals surface area (Å²) in [7, 11) is 1.67. The second kappa shape index (κ2) is 7.28. The second-order valence-corrected chi connectivity index (χ2v) is 6.53. The quantitative estimate of drug-likeness (QED) is 0.894. The topological polar surface area (TPSA) is 44.5 Å². The molecule has 1 aliphatic rings. The number of ether oxygens (including phenoxy) is 2. The Kier molecular flexibility index (Phi) is 5.65. The summed E-state index contributed by atoms with van der Waals surface area (Å²) in [4.78, 5) is 0. The molecule has 1 aromatic carbocycles. The molecule has 5 unspecified atom stereocenters. The number of methoxy groups -OCH3 is 1. The van der Waals surface area contributed by atoms with E-state index in [-0.39, 0.29) is 12.1 Å². The highest BCUT2D eigenvalue weighted by molar-refractivity contribution is 5.29. The lowest BCUT2D eigenvalue weighted by Gasteiger charge is -2.34. The Morgan fingerprint density at radius 1 is 1.10 bits per heavy atom. The predicted octanol–water partition coefficient (Wildman–Crippen LogP) is 3.92. The fourth-order valence-corrected chi connectivity index (χ4v) is 3.11. The minimum Gasteiger partial charge on any atom is -0.497 e. The Morgan fingerprint density at radius 2 is 1.76 bits per heavy atom. The average molecular weight is 291 g/mol. The van der Waals surface area contributed by atoms with E-state index in [2.05, 4.69) is 20.8 Å². The molecule has 1 aromatic rings. The van der Waals surface area contributed by atoms with Crippen molar-refractivity contribution in [3.05, 3.63) is 29.8 Å². The van der Waals surface area contributed by atoms with Crippen molar-refractivity contribution in [3.8, 4) is 5.75 Å². The minimum atomic E-state index is -0.0921. The summed E-state index contributed by atoms with van der Waals surface area (Å²) in [5.41, 5.74) is 7.44. The van der Waals surface area contributed by atoms with Crippen LogP contribution in [-0.4, -0.2) is 19.3 Å². The predicted molar refractivity (Wildman–Crippen MR) is 86.4 cm³/mol. The fraction of sp³-hybridized carbons (Fsp3) is 0.667. The van der Waals surface area contributed by atoms with Gasteiger partial charge in [-0.15, -0.1) is 0 Å². The van der Waals surface area contributed by atoms with Crippen LogP contribution in [-0.2, 0) is 4.74 Å². The SMILES string of the molecule is COc1ccc(C(N)C(C)OC2CCC(C)C(C)C2)cc1. The van der Waals surface area contributed by atoms with Crippen molar-refractivity contribution in [2.45, 2.75) is 58.3 Å². The first kappa shape index (κ1) is 16.3. The molecule has 0 radical (unpaired) electrons. The second-order valence-electron chi connectivity index (χ2n) is 6.53. The maximum Gasteiger partial charge on any atom is 0.118 e. The summed E-state index contributed by atoms with van der Waals surface area (Å²) in [5.74, 6) is 2.41. The van der Waals surface area contributed by atoms with Crippen molar-refractivity contribution < 1.29 is 9.47 Å². The first-order valence-electron chi connectivity index (χ1n) is 8.06. The van der Waals surface area contributed by atoms with Crippen molar-refractivity contribution in [1.29, 1.82) is 0 Å². The Hall–Kier alpha value is -1.06. The number of hydrogen-bond acceptors (Lipinski definition) is 3. The van der Waals surface area contributed by atoms with Gasteiger partial charge in [0.25, 0.3) is 0 Å². The zero-order valence-electron chi connectivity index (χ0n) is 13.7. The highest BCUT2D eigenvalue weighted by atomic mass is 16.5. The van der Waals surface area contributed by atoms with E-state index >= 15 is 0 Å². The van der Waals surface area contributed by atoms with Crippen LogP contribution in [0, 0.1) is 11.8 Å². The van der Waals surface area contributed by atoms with Gasteiger partial charge in [0.15, 0.2) is 0 Å². The van der Waals surface area contributed by atoms with Gasteiger partial charge in [-0.05, 0) is 55.7 Å². The van der Waals surface area contributed by atoms with Gasteiger partial charge in [0.05, 0.1) is 25.4 Å². The molecule has 0 aromatic heterocycles. The molecule has 0 bridgehead atoms. The standard InChI is InChI=1S/C18H29NO2/c1-12-5-8-17(11-13(12)2)21-14(3)18(19)15-6-9-16(20-4)10-7-15/h6-7,9-10,12-14,17-18H,5,8,11,19H2,1-4H3. The lowest BCUT2D eigenvalue weighted by Crippen LogP contribution is -2.34. The first-order chi connectivity index (χ1) is 10.0. The molecule has 0 spiro atoms.